The lowest BCUT2D eigenvalue weighted by molar-refractivity contribution is -0.142. The Bertz CT molecular complexity index is 658. The summed E-state index contributed by atoms with van der Waals surface area (Å²) in [6.07, 6.45) is 1.44. The van der Waals surface area contributed by atoms with Gasteiger partial charge in [0.05, 0.1) is 5.92 Å². The number of carbonyl (C=O) groups is 4. The zero-order valence-electron chi connectivity index (χ0n) is 22.3. The first-order valence-corrected chi connectivity index (χ1v) is 12.4. The van der Waals surface area contributed by atoms with Gasteiger partial charge in [0.15, 0.2) is 0 Å². The molecule has 0 aromatic heterocycles. The van der Waals surface area contributed by atoms with Crippen molar-refractivity contribution in [3.05, 3.63) is 0 Å². The summed E-state index contributed by atoms with van der Waals surface area (Å²) in [4.78, 5) is 48.1. The van der Waals surface area contributed by atoms with Crippen molar-refractivity contribution in [2.45, 2.75) is 86.7 Å². The quantitative estimate of drug-likeness (QED) is 0.280. The minimum Gasteiger partial charge on any atom is -0.481 e. The molecule has 198 valence electrons. The molecule has 4 N–H and O–H groups in total. The molecule has 34 heavy (non-hydrogen) atoms. The van der Waals surface area contributed by atoms with Crippen molar-refractivity contribution < 1.29 is 29.0 Å². The Morgan fingerprint density at radius 3 is 1.82 bits per heavy atom. The second-order valence-electron chi connectivity index (χ2n) is 10.8. The van der Waals surface area contributed by atoms with E-state index >= 15 is 0 Å². The van der Waals surface area contributed by atoms with Gasteiger partial charge in [-0.25, -0.2) is 4.79 Å². The molecule has 0 aromatic carbocycles. The average Bonchev–Trinajstić information content (AvgIpc) is 2.67. The van der Waals surface area contributed by atoms with Crippen LogP contribution in [0.15, 0.2) is 0 Å². The number of carboxylic acid groups (broad SMARTS) is 1. The third kappa shape index (κ3) is 14.8. The van der Waals surface area contributed by atoms with Gasteiger partial charge < -0.3 is 25.8 Å². The van der Waals surface area contributed by atoms with E-state index in [4.69, 9.17) is 4.74 Å². The Morgan fingerprint density at radius 2 is 1.32 bits per heavy atom. The topological polar surface area (TPSA) is 134 Å². The van der Waals surface area contributed by atoms with Crippen LogP contribution < -0.4 is 16.0 Å². The van der Waals surface area contributed by atoms with E-state index in [0.717, 1.165) is 0 Å². The van der Waals surface area contributed by atoms with E-state index in [0.29, 0.717) is 45.3 Å². The largest absolute Gasteiger partial charge is 0.481 e. The summed E-state index contributed by atoms with van der Waals surface area (Å²) in [6, 6.07) is 0. The first kappa shape index (κ1) is 31.7. The third-order valence-electron chi connectivity index (χ3n) is 5.49. The predicted molar refractivity (Wildman–Crippen MR) is 132 cm³/mol. The van der Waals surface area contributed by atoms with Crippen molar-refractivity contribution in [1.29, 1.82) is 0 Å². The van der Waals surface area contributed by atoms with Crippen LogP contribution >= 0.6 is 0 Å². The highest BCUT2D eigenvalue weighted by atomic mass is 16.6. The molecule has 0 rings (SSSR count). The molecule has 9 nitrogen and oxygen atoms in total. The zero-order chi connectivity index (χ0) is 26.5. The van der Waals surface area contributed by atoms with E-state index in [9.17, 15) is 24.3 Å². The lowest BCUT2D eigenvalue weighted by atomic mass is 9.91. The Morgan fingerprint density at radius 1 is 0.794 bits per heavy atom. The van der Waals surface area contributed by atoms with Crippen molar-refractivity contribution in [2.24, 2.45) is 29.6 Å². The smallest absolute Gasteiger partial charge is 0.407 e. The number of amides is 3. The molecule has 9 heteroatoms. The van der Waals surface area contributed by atoms with Gasteiger partial charge >= 0.3 is 12.1 Å². The van der Waals surface area contributed by atoms with Crippen LogP contribution in [0.1, 0.15) is 81.1 Å². The molecular weight excluding hydrogens is 438 g/mol. The number of alkyl carbamates (subject to hydrolysis) is 1. The molecule has 0 unspecified atom stereocenters. The van der Waals surface area contributed by atoms with Crippen molar-refractivity contribution in [1.82, 2.24) is 16.0 Å². The number of hydrogen-bond acceptors (Lipinski definition) is 5. The van der Waals surface area contributed by atoms with Gasteiger partial charge in [-0.15, -0.1) is 0 Å². The van der Waals surface area contributed by atoms with Crippen molar-refractivity contribution in [3.8, 4) is 0 Å². The minimum absolute atomic E-state index is 0.0918. The molecule has 0 saturated carbocycles. The number of ether oxygens (including phenoxy) is 1. The first-order valence-electron chi connectivity index (χ1n) is 12.4. The zero-order valence-corrected chi connectivity index (χ0v) is 22.3. The molecule has 3 atom stereocenters. The second kappa shape index (κ2) is 15.6. The minimum atomic E-state index is -0.834. The second-order valence-corrected chi connectivity index (χ2v) is 10.8. The Balaban J connectivity index is 4.38. The van der Waals surface area contributed by atoms with Crippen molar-refractivity contribution in [2.75, 3.05) is 19.6 Å². The molecule has 0 spiro atoms. The molecular formula is C25H47N3O6. The predicted octanol–water partition coefficient (Wildman–Crippen LogP) is 3.57. The molecule has 3 amide bonds. The summed E-state index contributed by atoms with van der Waals surface area (Å²) < 4.78 is 5.21. The molecule has 0 aliphatic carbocycles. The van der Waals surface area contributed by atoms with Crippen molar-refractivity contribution in [3.63, 3.8) is 0 Å². The summed E-state index contributed by atoms with van der Waals surface area (Å²) in [7, 11) is 0. The number of carbonyl (C=O) groups excluding carboxylic acids is 3. The van der Waals surface area contributed by atoms with Crippen LogP contribution in [0.2, 0.25) is 0 Å². The maximum absolute atomic E-state index is 12.6. The number of hydrogen-bond donors (Lipinski definition) is 4. The van der Waals surface area contributed by atoms with Crippen molar-refractivity contribution >= 4 is 23.9 Å². The maximum atomic E-state index is 12.6. The van der Waals surface area contributed by atoms with Gasteiger partial charge in [-0.05, 0) is 58.3 Å². The fraction of sp³-hybridized carbons (Fsp3) is 0.840. The molecule has 0 bridgehead atoms. The molecule has 0 aliphatic rings. The van der Waals surface area contributed by atoms with E-state index in [-0.39, 0.29) is 35.5 Å². The summed E-state index contributed by atoms with van der Waals surface area (Å²) in [5, 5.41) is 17.7. The first-order chi connectivity index (χ1) is 15.6. The summed E-state index contributed by atoms with van der Waals surface area (Å²) in [5.74, 6) is -1.76. The highest BCUT2D eigenvalue weighted by Crippen LogP contribution is 2.16. The van der Waals surface area contributed by atoms with Gasteiger partial charge in [-0.2, -0.15) is 0 Å². The van der Waals surface area contributed by atoms with Crippen LogP contribution in [0.3, 0.4) is 0 Å². The van der Waals surface area contributed by atoms with Crippen LogP contribution in [-0.2, 0) is 19.1 Å². The summed E-state index contributed by atoms with van der Waals surface area (Å²) in [5.41, 5.74) is -0.575. The standard InChI is InChI=1S/C25H47N3O6/c1-16(2)15-19(23(31)32)10-13-26-21(29)18(5)9-12-27-22(30)20(17(3)4)11-14-28-24(33)34-25(6,7)8/h16-20H,9-15H2,1-8H3,(H,26,29)(H,27,30)(H,28,33)(H,31,32)/t18-,19+,20+/m1/s1. The van der Waals surface area contributed by atoms with Crippen LogP contribution in [-0.4, -0.2) is 54.2 Å². The molecule has 0 aliphatic heterocycles. The average molecular weight is 486 g/mol. The van der Waals surface area contributed by atoms with Crippen LogP contribution in [0.4, 0.5) is 4.79 Å². The number of rotatable bonds is 15. The van der Waals surface area contributed by atoms with E-state index < -0.39 is 23.6 Å². The molecule has 0 fully saturated rings. The Kier molecular flexibility index (Phi) is 14.5. The van der Waals surface area contributed by atoms with Gasteiger partial charge in [0.2, 0.25) is 11.8 Å². The maximum Gasteiger partial charge on any atom is 0.407 e. The van der Waals surface area contributed by atoms with E-state index in [1.807, 2.05) is 27.7 Å². The molecule has 0 heterocycles. The normalized spacial score (nSPS) is 14.3. The van der Waals surface area contributed by atoms with Gasteiger partial charge in [-0.1, -0.05) is 34.6 Å². The summed E-state index contributed by atoms with van der Waals surface area (Å²) in [6.45, 7) is 16.0. The molecule has 0 aromatic rings. The van der Waals surface area contributed by atoms with Crippen LogP contribution in [0.25, 0.3) is 0 Å². The van der Waals surface area contributed by atoms with Crippen LogP contribution in [0, 0.1) is 29.6 Å². The van der Waals surface area contributed by atoms with Gasteiger partial charge in [0.25, 0.3) is 0 Å². The summed E-state index contributed by atoms with van der Waals surface area (Å²) >= 11 is 0. The van der Waals surface area contributed by atoms with Gasteiger partial charge in [-0.3, -0.25) is 14.4 Å². The Hall–Kier alpha value is -2.32. The third-order valence-corrected chi connectivity index (χ3v) is 5.49. The Labute approximate surface area is 205 Å². The number of nitrogens with one attached hydrogen (secondary N) is 3. The number of aliphatic carboxylic acids is 1. The lowest BCUT2D eigenvalue weighted by Gasteiger charge is -2.22. The lowest BCUT2D eigenvalue weighted by Crippen LogP contribution is -2.39. The molecule has 0 saturated heterocycles. The van der Waals surface area contributed by atoms with E-state index in [2.05, 4.69) is 16.0 Å². The van der Waals surface area contributed by atoms with Gasteiger partial charge in [0, 0.05) is 31.5 Å². The van der Waals surface area contributed by atoms with Gasteiger partial charge in [0.1, 0.15) is 5.60 Å². The fourth-order valence-electron chi connectivity index (χ4n) is 3.54. The van der Waals surface area contributed by atoms with Crippen LogP contribution in [0.5, 0.6) is 0 Å². The monoisotopic (exact) mass is 485 g/mol. The van der Waals surface area contributed by atoms with E-state index in [1.165, 1.54) is 0 Å². The SMILES string of the molecule is CC(C)C[C@H](CCNC(=O)[C@H](C)CCNC(=O)[C@@H](CCNC(=O)OC(C)(C)C)C(C)C)C(=O)O. The number of carboxylic acids is 1. The highest BCUT2D eigenvalue weighted by Gasteiger charge is 2.24. The van der Waals surface area contributed by atoms with E-state index in [1.54, 1.807) is 27.7 Å². The highest BCUT2D eigenvalue weighted by molar-refractivity contribution is 5.80. The molecule has 0 radical (unpaired) electrons. The fourth-order valence-corrected chi connectivity index (χ4v) is 3.54.